The predicted molar refractivity (Wildman–Crippen MR) is 205 cm³/mol. The molecule has 0 atom stereocenters. The molecule has 11 rings (SSSR count). The maximum absolute atomic E-state index is 5.14. The summed E-state index contributed by atoms with van der Waals surface area (Å²) in [4.78, 5) is 15.3. The highest BCUT2D eigenvalue weighted by Crippen LogP contribution is 2.42. The van der Waals surface area contributed by atoms with Crippen molar-refractivity contribution in [2.75, 3.05) is 0 Å². The van der Waals surface area contributed by atoms with Crippen LogP contribution in [0.1, 0.15) is 0 Å². The van der Waals surface area contributed by atoms with Crippen LogP contribution in [0.25, 0.3) is 99.8 Å². The Hall–Kier alpha value is -6.85. The minimum atomic E-state index is 0.596. The highest BCUT2D eigenvalue weighted by molar-refractivity contribution is 6.25. The van der Waals surface area contributed by atoms with E-state index >= 15 is 0 Å². The van der Waals surface area contributed by atoms with Crippen LogP contribution in [0.2, 0.25) is 0 Å². The smallest absolute Gasteiger partial charge is 0.238 e. The van der Waals surface area contributed by atoms with E-state index in [9.17, 15) is 0 Å². The second-order valence-electron chi connectivity index (χ2n) is 12.8. The van der Waals surface area contributed by atoms with Gasteiger partial charge in [0.15, 0.2) is 11.6 Å². The summed E-state index contributed by atoms with van der Waals surface area (Å²) in [5.41, 5.74) is 10.1. The van der Waals surface area contributed by atoms with Gasteiger partial charge in [-0.25, -0.2) is 4.98 Å². The molecule has 0 saturated heterocycles. The maximum atomic E-state index is 5.14. The van der Waals surface area contributed by atoms with E-state index in [1.807, 2.05) is 30.3 Å². The fourth-order valence-corrected chi connectivity index (χ4v) is 7.97. The fourth-order valence-electron chi connectivity index (χ4n) is 7.97. The lowest BCUT2D eigenvalue weighted by atomic mass is 9.97. The first-order valence-electron chi connectivity index (χ1n) is 16.9. The molecule has 0 radical (unpaired) electrons. The first-order chi connectivity index (χ1) is 24.8. The van der Waals surface area contributed by atoms with Crippen molar-refractivity contribution >= 4 is 59.9 Å². The molecule has 4 heterocycles. The molecule has 0 aliphatic rings. The van der Waals surface area contributed by atoms with E-state index in [2.05, 4.69) is 142 Å². The summed E-state index contributed by atoms with van der Waals surface area (Å²) >= 11 is 0. The summed E-state index contributed by atoms with van der Waals surface area (Å²) in [7, 11) is 0. The summed E-state index contributed by atoms with van der Waals surface area (Å²) in [6.07, 6.45) is 0. The van der Waals surface area contributed by atoms with Gasteiger partial charge in [0.1, 0.15) is 0 Å². The molecule has 0 unspecified atom stereocenters. The van der Waals surface area contributed by atoms with Gasteiger partial charge >= 0.3 is 0 Å². The van der Waals surface area contributed by atoms with Gasteiger partial charge in [-0.15, -0.1) is 0 Å². The van der Waals surface area contributed by atoms with Gasteiger partial charge in [-0.05, 0) is 35.4 Å². The normalized spacial score (nSPS) is 12.0. The second-order valence-corrected chi connectivity index (χ2v) is 12.8. The molecule has 0 amide bonds. The van der Waals surface area contributed by atoms with Gasteiger partial charge < -0.3 is 4.40 Å². The Balaban J connectivity index is 1.10. The molecule has 0 bridgehead atoms. The molecule has 7 aromatic carbocycles. The van der Waals surface area contributed by atoms with Crippen LogP contribution in [0.3, 0.4) is 0 Å². The van der Waals surface area contributed by atoms with Gasteiger partial charge in [0.25, 0.3) is 0 Å². The Morgan fingerprint density at radius 2 is 0.840 bits per heavy atom. The standard InChI is InChI=1S/C45H27N5/c1-2-12-29(13-3-1)43-46-44(48-45(47-43)50-38-21-8-4-14-32(38)33-15-5-9-22-39(33)50)30-26-24-28(25-27-30)31-17-11-23-40-41(31)36-19-10-18-35-34-16-6-7-20-37(34)49(40)42(35)36/h1-27H. The van der Waals surface area contributed by atoms with Crippen LogP contribution < -0.4 is 0 Å². The van der Waals surface area contributed by atoms with Crippen molar-refractivity contribution in [1.82, 2.24) is 23.9 Å². The van der Waals surface area contributed by atoms with Crippen LogP contribution in [0.15, 0.2) is 164 Å². The molecule has 5 nitrogen and oxygen atoms in total. The first kappa shape index (κ1) is 27.1. The summed E-state index contributed by atoms with van der Waals surface area (Å²) in [6.45, 7) is 0. The van der Waals surface area contributed by atoms with E-state index in [-0.39, 0.29) is 0 Å². The fraction of sp³-hybridized carbons (Fsp3) is 0. The van der Waals surface area contributed by atoms with Crippen LogP contribution >= 0.6 is 0 Å². The Bertz CT molecular complexity index is 3030. The predicted octanol–water partition coefficient (Wildman–Crippen LogP) is 11.1. The molecule has 5 heteroatoms. The molecule has 232 valence electrons. The lowest BCUT2D eigenvalue weighted by Gasteiger charge is -2.11. The highest BCUT2D eigenvalue weighted by Gasteiger charge is 2.20. The summed E-state index contributed by atoms with van der Waals surface area (Å²) < 4.78 is 4.59. The van der Waals surface area contributed by atoms with Gasteiger partial charge in [-0.1, -0.05) is 140 Å². The van der Waals surface area contributed by atoms with E-state index < -0.39 is 0 Å². The Kier molecular flexibility index (Phi) is 5.60. The number of benzene rings is 7. The van der Waals surface area contributed by atoms with Crippen LogP contribution in [0, 0.1) is 0 Å². The van der Waals surface area contributed by atoms with Crippen molar-refractivity contribution in [2.24, 2.45) is 0 Å². The third-order valence-electron chi connectivity index (χ3n) is 10.1. The van der Waals surface area contributed by atoms with Crippen molar-refractivity contribution in [1.29, 1.82) is 0 Å². The Labute approximate surface area is 286 Å². The third-order valence-corrected chi connectivity index (χ3v) is 10.1. The van der Waals surface area contributed by atoms with Crippen LogP contribution in [0.5, 0.6) is 0 Å². The van der Waals surface area contributed by atoms with Crippen molar-refractivity contribution in [3.63, 3.8) is 0 Å². The monoisotopic (exact) mass is 637 g/mol. The minimum absolute atomic E-state index is 0.596. The zero-order chi connectivity index (χ0) is 32.8. The van der Waals surface area contributed by atoms with Gasteiger partial charge in [0, 0.05) is 43.4 Å². The molecule has 0 spiro atoms. The van der Waals surface area contributed by atoms with Crippen LogP contribution in [0.4, 0.5) is 0 Å². The van der Waals surface area contributed by atoms with Crippen LogP contribution in [-0.4, -0.2) is 23.9 Å². The van der Waals surface area contributed by atoms with Crippen molar-refractivity contribution < 1.29 is 0 Å². The Morgan fingerprint density at radius 3 is 1.54 bits per heavy atom. The quantitative estimate of drug-likeness (QED) is 0.193. The van der Waals surface area contributed by atoms with Crippen molar-refractivity contribution in [3.05, 3.63) is 164 Å². The SMILES string of the molecule is c1ccc(-c2nc(-c3ccc(-c4cccc5c4c4cccc6c7ccccc7n5c64)cc3)nc(-n3c4ccccc4c4ccccc43)n2)cc1. The maximum Gasteiger partial charge on any atom is 0.238 e. The summed E-state index contributed by atoms with van der Waals surface area (Å²) in [5, 5.41) is 7.46. The number of fused-ring (bicyclic) bond motifs is 9. The van der Waals surface area contributed by atoms with Gasteiger partial charge in [0.2, 0.25) is 5.95 Å². The number of rotatable bonds is 4. The van der Waals surface area contributed by atoms with Crippen LogP contribution in [-0.2, 0) is 0 Å². The van der Waals surface area contributed by atoms with Crippen molar-refractivity contribution in [2.45, 2.75) is 0 Å². The summed E-state index contributed by atoms with van der Waals surface area (Å²) in [6, 6.07) is 57.7. The number of hydrogen-bond donors (Lipinski definition) is 0. The molecular weight excluding hydrogens is 611 g/mol. The molecular formula is C45H27N5. The van der Waals surface area contributed by atoms with Gasteiger partial charge in [-0.2, -0.15) is 9.97 Å². The molecule has 50 heavy (non-hydrogen) atoms. The molecule has 0 fully saturated rings. The topological polar surface area (TPSA) is 48.0 Å². The average molecular weight is 638 g/mol. The van der Waals surface area contributed by atoms with E-state index in [4.69, 9.17) is 15.0 Å². The van der Waals surface area contributed by atoms with E-state index in [1.165, 1.54) is 54.4 Å². The molecule has 4 aromatic heterocycles. The zero-order valence-electron chi connectivity index (χ0n) is 26.8. The third kappa shape index (κ3) is 3.80. The molecule has 0 aliphatic heterocycles. The lowest BCUT2D eigenvalue weighted by Crippen LogP contribution is -2.06. The molecule has 0 aliphatic carbocycles. The van der Waals surface area contributed by atoms with E-state index in [1.54, 1.807) is 0 Å². The number of aromatic nitrogens is 5. The number of hydrogen-bond acceptors (Lipinski definition) is 3. The van der Waals surface area contributed by atoms with E-state index in [0.29, 0.717) is 17.6 Å². The first-order valence-corrected chi connectivity index (χ1v) is 16.9. The largest absolute Gasteiger partial charge is 0.308 e. The zero-order valence-corrected chi connectivity index (χ0v) is 26.8. The molecule has 11 aromatic rings. The molecule has 0 saturated carbocycles. The lowest BCUT2D eigenvalue weighted by molar-refractivity contribution is 0.953. The summed E-state index contributed by atoms with van der Waals surface area (Å²) in [5.74, 6) is 1.87. The minimum Gasteiger partial charge on any atom is -0.308 e. The number of para-hydroxylation sites is 4. The van der Waals surface area contributed by atoms with Crippen molar-refractivity contribution in [3.8, 4) is 39.9 Å². The Morgan fingerprint density at radius 1 is 0.340 bits per heavy atom. The van der Waals surface area contributed by atoms with Gasteiger partial charge in [-0.3, -0.25) is 4.57 Å². The van der Waals surface area contributed by atoms with Gasteiger partial charge in [0.05, 0.1) is 27.6 Å². The highest BCUT2D eigenvalue weighted by atomic mass is 15.2. The van der Waals surface area contributed by atoms with E-state index in [0.717, 1.165) is 27.7 Å². The average Bonchev–Trinajstić information content (AvgIpc) is 3.84. The molecule has 0 N–H and O–H groups in total. The number of nitrogens with zero attached hydrogens (tertiary/aromatic N) is 5. The second kappa shape index (κ2) is 10.3.